The SMILES string of the molecule is CC(C)c1ccc(S(=O)NC(=O)C(/C2=C/N(C)C/C=C(c3nn[nH]n3)\C=C/C2)c2ccc3c(c2)OCO3)cc1. The third kappa shape index (κ3) is 6.09. The number of rotatable bonds is 7. The van der Waals surface area contributed by atoms with Crippen LogP contribution in [-0.4, -0.2) is 56.0 Å². The van der Waals surface area contributed by atoms with E-state index < -0.39 is 16.9 Å². The van der Waals surface area contributed by atoms with Gasteiger partial charge in [0, 0.05) is 19.2 Å². The topological polar surface area (TPSA) is 122 Å². The number of carbonyl (C=O) groups excluding carboxylic acids is 1. The number of benzene rings is 2. The number of carbonyl (C=O) groups is 1. The second-order valence-corrected chi connectivity index (χ2v) is 10.9. The van der Waals surface area contributed by atoms with Gasteiger partial charge in [-0.3, -0.25) is 9.52 Å². The van der Waals surface area contributed by atoms with Gasteiger partial charge in [0.25, 0.3) is 0 Å². The number of aromatic nitrogens is 4. The third-order valence-corrected chi connectivity index (χ3v) is 7.64. The van der Waals surface area contributed by atoms with Crippen LogP contribution in [0.4, 0.5) is 0 Å². The summed E-state index contributed by atoms with van der Waals surface area (Å²) in [5.41, 5.74) is 3.49. The fraction of sp³-hybridized carbons (Fsp3) is 0.286. The molecular weight excluding hydrogens is 516 g/mol. The highest BCUT2D eigenvalue weighted by molar-refractivity contribution is 7.83. The summed E-state index contributed by atoms with van der Waals surface area (Å²) in [5.74, 6) is 0.946. The van der Waals surface area contributed by atoms with Crippen molar-refractivity contribution in [2.75, 3.05) is 20.4 Å². The van der Waals surface area contributed by atoms with Crippen molar-refractivity contribution in [1.82, 2.24) is 30.2 Å². The number of ether oxygens (including phenoxy) is 2. The average molecular weight is 547 g/mol. The molecule has 0 radical (unpaired) electrons. The van der Waals surface area contributed by atoms with Crippen molar-refractivity contribution in [1.29, 1.82) is 0 Å². The second kappa shape index (κ2) is 11.6. The predicted molar refractivity (Wildman–Crippen MR) is 147 cm³/mol. The van der Waals surface area contributed by atoms with Crippen molar-refractivity contribution in [2.45, 2.75) is 37.0 Å². The number of fused-ring (bicyclic) bond motifs is 1. The number of nitrogens with zero attached hydrogens (tertiary/aromatic N) is 4. The normalized spacial score (nSPS) is 20.1. The van der Waals surface area contributed by atoms with Crippen LogP contribution in [0.1, 0.15) is 49.1 Å². The molecule has 2 aliphatic rings. The molecule has 1 aromatic heterocycles. The molecule has 202 valence electrons. The lowest BCUT2D eigenvalue weighted by molar-refractivity contribution is -0.120. The van der Waals surface area contributed by atoms with E-state index in [4.69, 9.17) is 9.47 Å². The summed E-state index contributed by atoms with van der Waals surface area (Å²) in [5, 5.41) is 14.3. The summed E-state index contributed by atoms with van der Waals surface area (Å²) >= 11 is 0. The average Bonchev–Trinajstić information content (AvgIpc) is 3.63. The molecule has 1 amide bonds. The Labute approximate surface area is 229 Å². The monoisotopic (exact) mass is 546 g/mol. The van der Waals surface area contributed by atoms with Crippen molar-refractivity contribution >= 4 is 22.5 Å². The van der Waals surface area contributed by atoms with Crippen LogP contribution in [0.3, 0.4) is 0 Å². The second-order valence-electron chi connectivity index (χ2n) is 9.65. The van der Waals surface area contributed by atoms with Gasteiger partial charge < -0.3 is 14.4 Å². The van der Waals surface area contributed by atoms with Crippen LogP contribution in [0, 0.1) is 0 Å². The zero-order valence-corrected chi connectivity index (χ0v) is 22.8. The summed E-state index contributed by atoms with van der Waals surface area (Å²) in [7, 11) is 0.199. The minimum Gasteiger partial charge on any atom is -0.454 e. The van der Waals surface area contributed by atoms with E-state index >= 15 is 0 Å². The highest BCUT2D eigenvalue weighted by Gasteiger charge is 2.29. The number of hydrogen-bond donors (Lipinski definition) is 2. The van der Waals surface area contributed by atoms with E-state index in [0.717, 1.165) is 16.7 Å². The molecule has 2 N–H and O–H groups in total. The van der Waals surface area contributed by atoms with Gasteiger partial charge in [-0.1, -0.05) is 50.3 Å². The smallest absolute Gasteiger partial charge is 0.243 e. The Kier molecular flexibility index (Phi) is 7.87. The van der Waals surface area contributed by atoms with Crippen molar-refractivity contribution in [2.24, 2.45) is 0 Å². The molecule has 11 heteroatoms. The molecule has 2 aromatic carbocycles. The molecule has 0 spiro atoms. The van der Waals surface area contributed by atoms with E-state index in [1.807, 2.05) is 60.6 Å². The van der Waals surface area contributed by atoms with E-state index in [-0.39, 0.29) is 12.7 Å². The van der Waals surface area contributed by atoms with Gasteiger partial charge in [0.1, 0.15) is 0 Å². The number of nitrogens with one attached hydrogen (secondary N) is 2. The van der Waals surface area contributed by atoms with Gasteiger partial charge in [0.05, 0.1) is 10.8 Å². The van der Waals surface area contributed by atoms with Crippen LogP contribution >= 0.6 is 0 Å². The van der Waals surface area contributed by atoms with E-state index in [2.05, 4.69) is 39.2 Å². The number of aromatic amines is 1. The molecular formula is C28H30N6O4S. The summed E-state index contributed by atoms with van der Waals surface area (Å²) in [6.45, 7) is 4.88. The maximum atomic E-state index is 13.8. The summed E-state index contributed by atoms with van der Waals surface area (Å²) in [6.07, 6.45) is 8.28. The predicted octanol–water partition coefficient (Wildman–Crippen LogP) is 3.83. The third-order valence-electron chi connectivity index (χ3n) is 6.56. The highest BCUT2D eigenvalue weighted by atomic mass is 32.2. The molecule has 2 unspecified atom stereocenters. The van der Waals surface area contributed by atoms with Crippen LogP contribution < -0.4 is 14.2 Å². The summed E-state index contributed by atoms with van der Waals surface area (Å²) in [4.78, 5) is 16.4. The molecule has 0 saturated carbocycles. The first-order valence-electron chi connectivity index (χ1n) is 12.6. The number of allylic oxidation sites excluding steroid dienone is 3. The first-order valence-corrected chi connectivity index (χ1v) is 13.8. The van der Waals surface area contributed by atoms with Gasteiger partial charge in [0.15, 0.2) is 22.5 Å². The number of hydrogen-bond acceptors (Lipinski definition) is 8. The Morgan fingerprint density at radius 1 is 1.10 bits per heavy atom. The number of H-pyrrole nitrogens is 1. The Bertz CT molecular complexity index is 1450. The van der Waals surface area contributed by atoms with Crippen molar-refractivity contribution in [3.05, 3.63) is 89.4 Å². The molecule has 39 heavy (non-hydrogen) atoms. The van der Waals surface area contributed by atoms with Crippen LogP contribution in [0.2, 0.25) is 0 Å². The first kappa shape index (κ1) is 26.4. The molecule has 0 aliphatic carbocycles. The molecule has 2 aliphatic heterocycles. The van der Waals surface area contributed by atoms with Crippen LogP contribution in [0.5, 0.6) is 11.5 Å². The Morgan fingerprint density at radius 2 is 1.87 bits per heavy atom. The molecule has 0 bridgehead atoms. The van der Waals surface area contributed by atoms with Crippen LogP contribution in [0.25, 0.3) is 5.57 Å². The summed E-state index contributed by atoms with van der Waals surface area (Å²) < 4.78 is 27.0. The quantitative estimate of drug-likeness (QED) is 0.459. The van der Waals surface area contributed by atoms with Gasteiger partial charge in [-0.15, -0.1) is 10.2 Å². The van der Waals surface area contributed by atoms with E-state index in [9.17, 15) is 9.00 Å². The minimum absolute atomic E-state index is 0.130. The van der Waals surface area contributed by atoms with Gasteiger partial charge in [0.2, 0.25) is 18.5 Å². The number of likely N-dealkylation sites (N-methyl/N-ethyl adjacent to an activating group) is 1. The Balaban J connectivity index is 1.45. The molecule has 5 rings (SSSR count). The van der Waals surface area contributed by atoms with Crippen molar-refractivity contribution in [3.8, 4) is 11.5 Å². The molecule has 10 nitrogen and oxygen atoms in total. The van der Waals surface area contributed by atoms with E-state index in [1.165, 1.54) is 0 Å². The molecule has 0 saturated heterocycles. The maximum Gasteiger partial charge on any atom is 0.243 e. The maximum absolute atomic E-state index is 13.8. The Morgan fingerprint density at radius 3 is 2.62 bits per heavy atom. The number of tetrazole rings is 1. The lowest BCUT2D eigenvalue weighted by Gasteiger charge is -2.22. The lowest BCUT2D eigenvalue weighted by Crippen LogP contribution is -2.32. The standard InChI is InChI=1S/C28H30N6O4S/c1-18(2)19-7-10-23(11-8-19)39(36)31-28(35)26(21-9-12-24-25(15-21)38-17-37-24)22-6-4-5-20(13-14-34(3)16-22)27-29-32-33-30-27/h4-5,7-13,15-16,18,26H,6,14,17H2,1-3H3,(H,31,35)(H,29,30,32,33)/b5-4-,20-13+,22-16+. The Hall–Kier alpha value is -4.25. The van der Waals surface area contributed by atoms with Gasteiger partial charge in [-0.2, -0.15) is 5.21 Å². The van der Waals surface area contributed by atoms with E-state index in [1.54, 1.807) is 18.2 Å². The van der Waals surface area contributed by atoms with Gasteiger partial charge >= 0.3 is 0 Å². The van der Waals surface area contributed by atoms with Crippen molar-refractivity contribution < 1.29 is 18.5 Å². The first-order chi connectivity index (χ1) is 18.9. The summed E-state index contributed by atoms with van der Waals surface area (Å²) in [6, 6.07) is 12.9. The van der Waals surface area contributed by atoms with Crippen LogP contribution in [0.15, 0.2) is 77.4 Å². The molecule has 0 fully saturated rings. The number of amides is 1. The fourth-order valence-corrected chi connectivity index (χ4v) is 5.28. The molecule has 3 heterocycles. The lowest BCUT2D eigenvalue weighted by atomic mass is 9.88. The zero-order chi connectivity index (χ0) is 27.4. The van der Waals surface area contributed by atoms with Gasteiger partial charge in [-0.05, 0) is 64.7 Å². The highest BCUT2D eigenvalue weighted by Crippen LogP contribution is 2.38. The van der Waals surface area contributed by atoms with Gasteiger partial charge in [-0.25, -0.2) is 4.21 Å². The van der Waals surface area contributed by atoms with Crippen LogP contribution in [-0.2, 0) is 15.8 Å². The zero-order valence-electron chi connectivity index (χ0n) is 22.0. The minimum atomic E-state index is -1.73. The fourth-order valence-electron chi connectivity index (χ4n) is 4.48. The molecule has 2 atom stereocenters. The van der Waals surface area contributed by atoms with E-state index in [0.29, 0.717) is 46.7 Å². The van der Waals surface area contributed by atoms with Crippen molar-refractivity contribution in [3.63, 3.8) is 0 Å². The molecule has 3 aromatic rings. The largest absolute Gasteiger partial charge is 0.454 e.